The van der Waals surface area contributed by atoms with E-state index in [0.717, 1.165) is 31.2 Å². The van der Waals surface area contributed by atoms with Gasteiger partial charge < -0.3 is 10.2 Å². The number of hydrogen-bond acceptors (Lipinski definition) is 3. The molecule has 2 rings (SSSR count). The fraction of sp³-hybridized carbons (Fsp3) is 0.706. The standard InChI is InChI=1S/C17H29N3/c1-5-9-18-11-16-13(2)10-14(3)19-17(16)20(4)12-15-7-6-8-15/h10,15,18H,5-9,11-12H2,1-4H3. The first-order valence-corrected chi connectivity index (χ1v) is 8.00. The van der Waals surface area contributed by atoms with Crippen molar-refractivity contribution >= 4 is 5.82 Å². The molecule has 0 bridgehead atoms. The third-order valence-corrected chi connectivity index (χ3v) is 4.30. The highest BCUT2D eigenvalue weighted by Crippen LogP contribution is 2.29. The third kappa shape index (κ3) is 3.72. The number of pyridine rings is 1. The molecule has 1 heterocycles. The number of aryl methyl sites for hydroxylation is 2. The van der Waals surface area contributed by atoms with Crippen molar-refractivity contribution in [3.63, 3.8) is 0 Å². The second-order valence-electron chi connectivity index (χ2n) is 6.24. The molecule has 112 valence electrons. The quantitative estimate of drug-likeness (QED) is 0.773. The maximum absolute atomic E-state index is 4.81. The lowest BCUT2D eigenvalue weighted by molar-refractivity contribution is 0.321. The molecule has 0 radical (unpaired) electrons. The predicted octanol–water partition coefficient (Wildman–Crippen LogP) is 3.43. The molecule has 1 aliphatic carbocycles. The summed E-state index contributed by atoms with van der Waals surface area (Å²) >= 11 is 0. The number of aromatic nitrogens is 1. The molecule has 0 saturated heterocycles. The van der Waals surface area contributed by atoms with Crippen molar-refractivity contribution in [2.24, 2.45) is 5.92 Å². The molecule has 1 aromatic heterocycles. The van der Waals surface area contributed by atoms with Crippen LogP contribution in [-0.2, 0) is 6.54 Å². The van der Waals surface area contributed by atoms with E-state index in [-0.39, 0.29) is 0 Å². The molecular formula is C17H29N3. The number of nitrogens with one attached hydrogen (secondary N) is 1. The molecule has 0 spiro atoms. The lowest BCUT2D eigenvalue weighted by atomic mass is 9.85. The zero-order chi connectivity index (χ0) is 14.5. The Balaban J connectivity index is 2.14. The summed E-state index contributed by atoms with van der Waals surface area (Å²) in [7, 11) is 2.20. The monoisotopic (exact) mass is 275 g/mol. The van der Waals surface area contributed by atoms with Crippen LogP contribution in [0.1, 0.15) is 49.4 Å². The summed E-state index contributed by atoms with van der Waals surface area (Å²) in [6, 6.07) is 2.20. The Morgan fingerprint density at radius 2 is 2.10 bits per heavy atom. The van der Waals surface area contributed by atoms with Crippen LogP contribution in [0.5, 0.6) is 0 Å². The van der Waals surface area contributed by atoms with Gasteiger partial charge in [0, 0.05) is 31.4 Å². The summed E-state index contributed by atoms with van der Waals surface area (Å²) in [4.78, 5) is 7.18. The smallest absolute Gasteiger partial charge is 0.133 e. The van der Waals surface area contributed by atoms with Crippen LogP contribution in [0.3, 0.4) is 0 Å². The zero-order valence-corrected chi connectivity index (χ0v) is 13.5. The maximum atomic E-state index is 4.81. The first-order valence-electron chi connectivity index (χ1n) is 8.00. The Hall–Kier alpha value is -1.09. The van der Waals surface area contributed by atoms with E-state index < -0.39 is 0 Å². The minimum atomic E-state index is 0.874. The summed E-state index contributed by atoms with van der Waals surface area (Å²) in [5.41, 5.74) is 3.85. The summed E-state index contributed by atoms with van der Waals surface area (Å²) in [6.07, 6.45) is 5.35. The topological polar surface area (TPSA) is 28.2 Å². The Morgan fingerprint density at radius 3 is 2.70 bits per heavy atom. The SMILES string of the molecule is CCCNCc1c(C)cc(C)nc1N(C)CC1CCC1. The van der Waals surface area contributed by atoms with Gasteiger partial charge in [-0.25, -0.2) is 4.98 Å². The van der Waals surface area contributed by atoms with E-state index in [2.05, 4.69) is 44.1 Å². The van der Waals surface area contributed by atoms with Crippen LogP contribution in [0.25, 0.3) is 0 Å². The van der Waals surface area contributed by atoms with Crippen LogP contribution in [0.15, 0.2) is 6.07 Å². The molecule has 20 heavy (non-hydrogen) atoms. The molecule has 1 aromatic rings. The summed E-state index contributed by atoms with van der Waals surface area (Å²) in [6.45, 7) is 9.65. The molecule has 0 atom stereocenters. The van der Waals surface area contributed by atoms with Gasteiger partial charge in [0.2, 0.25) is 0 Å². The summed E-state index contributed by atoms with van der Waals surface area (Å²) in [5, 5.41) is 3.52. The molecule has 0 amide bonds. The fourth-order valence-corrected chi connectivity index (χ4v) is 2.92. The molecular weight excluding hydrogens is 246 g/mol. The molecule has 0 unspecified atom stereocenters. The van der Waals surface area contributed by atoms with Gasteiger partial charge in [0.05, 0.1) is 0 Å². The van der Waals surface area contributed by atoms with Crippen molar-refractivity contribution < 1.29 is 0 Å². The van der Waals surface area contributed by atoms with Gasteiger partial charge in [-0.3, -0.25) is 0 Å². The van der Waals surface area contributed by atoms with Gasteiger partial charge in [-0.2, -0.15) is 0 Å². The Labute approximate surface area is 123 Å². The Kier molecular flexibility index (Phi) is 5.41. The first kappa shape index (κ1) is 15.3. The third-order valence-electron chi connectivity index (χ3n) is 4.30. The molecule has 1 fully saturated rings. The van der Waals surface area contributed by atoms with E-state index in [9.17, 15) is 0 Å². The Bertz CT molecular complexity index is 438. The fourth-order valence-electron chi connectivity index (χ4n) is 2.92. The van der Waals surface area contributed by atoms with Crippen molar-refractivity contribution in [1.29, 1.82) is 0 Å². The highest BCUT2D eigenvalue weighted by atomic mass is 15.2. The number of hydrogen-bond donors (Lipinski definition) is 1. The van der Waals surface area contributed by atoms with Gasteiger partial charge >= 0.3 is 0 Å². The summed E-state index contributed by atoms with van der Waals surface area (Å²) < 4.78 is 0. The lowest BCUT2D eigenvalue weighted by Gasteiger charge is -2.32. The second kappa shape index (κ2) is 7.07. The van der Waals surface area contributed by atoms with E-state index in [1.54, 1.807) is 0 Å². The van der Waals surface area contributed by atoms with Gasteiger partial charge in [-0.1, -0.05) is 13.3 Å². The van der Waals surface area contributed by atoms with E-state index in [1.807, 2.05) is 0 Å². The minimum absolute atomic E-state index is 0.874. The molecule has 1 saturated carbocycles. The largest absolute Gasteiger partial charge is 0.359 e. The number of rotatable bonds is 7. The van der Waals surface area contributed by atoms with Crippen LogP contribution in [0.4, 0.5) is 5.82 Å². The molecule has 3 nitrogen and oxygen atoms in total. The van der Waals surface area contributed by atoms with E-state index >= 15 is 0 Å². The van der Waals surface area contributed by atoms with Crippen LogP contribution in [0, 0.1) is 19.8 Å². The van der Waals surface area contributed by atoms with Gasteiger partial charge in [0.15, 0.2) is 0 Å². The highest BCUT2D eigenvalue weighted by molar-refractivity contribution is 5.51. The van der Waals surface area contributed by atoms with Crippen LogP contribution >= 0.6 is 0 Å². The van der Waals surface area contributed by atoms with Crippen molar-refractivity contribution in [3.05, 3.63) is 22.9 Å². The van der Waals surface area contributed by atoms with Gasteiger partial charge in [0.1, 0.15) is 5.82 Å². The van der Waals surface area contributed by atoms with Crippen molar-refractivity contribution in [2.45, 2.75) is 53.0 Å². The molecule has 1 N–H and O–H groups in total. The zero-order valence-electron chi connectivity index (χ0n) is 13.5. The molecule has 0 aliphatic heterocycles. The van der Waals surface area contributed by atoms with Crippen LogP contribution in [0.2, 0.25) is 0 Å². The van der Waals surface area contributed by atoms with Crippen LogP contribution < -0.4 is 10.2 Å². The Morgan fingerprint density at radius 1 is 1.35 bits per heavy atom. The van der Waals surface area contributed by atoms with Crippen LogP contribution in [-0.4, -0.2) is 25.1 Å². The van der Waals surface area contributed by atoms with Crippen molar-refractivity contribution in [1.82, 2.24) is 10.3 Å². The van der Waals surface area contributed by atoms with Gasteiger partial charge in [-0.05, 0) is 57.2 Å². The summed E-state index contributed by atoms with van der Waals surface area (Å²) in [5.74, 6) is 2.05. The predicted molar refractivity (Wildman–Crippen MR) is 86.3 cm³/mol. The highest BCUT2D eigenvalue weighted by Gasteiger charge is 2.21. The van der Waals surface area contributed by atoms with E-state index in [4.69, 9.17) is 4.98 Å². The van der Waals surface area contributed by atoms with Gasteiger partial charge in [-0.15, -0.1) is 0 Å². The lowest BCUT2D eigenvalue weighted by Crippen LogP contribution is -2.31. The van der Waals surface area contributed by atoms with E-state index in [1.165, 1.54) is 42.6 Å². The molecule has 0 aromatic carbocycles. The minimum Gasteiger partial charge on any atom is -0.359 e. The number of nitrogens with zero attached hydrogens (tertiary/aromatic N) is 2. The normalized spacial score (nSPS) is 15.2. The van der Waals surface area contributed by atoms with E-state index in [0.29, 0.717) is 0 Å². The molecule has 3 heteroatoms. The average molecular weight is 275 g/mol. The molecule has 1 aliphatic rings. The van der Waals surface area contributed by atoms with Crippen molar-refractivity contribution in [2.75, 3.05) is 25.0 Å². The first-order chi connectivity index (χ1) is 9.61. The maximum Gasteiger partial charge on any atom is 0.133 e. The second-order valence-corrected chi connectivity index (χ2v) is 6.24. The number of anilines is 1. The van der Waals surface area contributed by atoms with Gasteiger partial charge in [0.25, 0.3) is 0 Å². The van der Waals surface area contributed by atoms with Crippen molar-refractivity contribution in [3.8, 4) is 0 Å². The average Bonchev–Trinajstić information content (AvgIpc) is 2.35.